The predicted octanol–water partition coefficient (Wildman–Crippen LogP) is 2.46. The van der Waals surface area contributed by atoms with Crippen molar-refractivity contribution >= 4 is 38.2 Å². The van der Waals surface area contributed by atoms with Gasteiger partial charge in [0.15, 0.2) is 5.13 Å². The van der Waals surface area contributed by atoms with E-state index in [-0.39, 0.29) is 23.1 Å². The molecule has 11 heteroatoms. The Hall–Kier alpha value is -2.86. The molecule has 34 heavy (non-hydrogen) atoms. The Morgan fingerprint density at radius 1 is 1.21 bits per heavy atom. The maximum atomic E-state index is 12.9. The molecule has 1 aliphatic rings. The molecule has 1 amide bonds. The number of carbonyl (C=O) groups is 1. The number of anilines is 2. The van der Waals surface area contributed by atoms with Crippen molar-refractivity contribution in [2.75, 3.05) is 51.4 Å². The number of nitrogens with one attached hydrogen (secondary N) is 2. The van der Waals surface area contributed by atoms with Gasteiger partial charge in [0.25, 0.3) is 0 Å². The van der Waals surface area contributed by atoms with Crippen LogP contribution in [-0.2, 0) is 21.2 Å². The van der Waals surface area contributed by atoms with Crippen LogP contribution in [0.25, 0.3) is 0 Å². The number of amides is 1. The summed E-state index contributed by atoms with van der Waals surface area (Å²) < 4.78 is 27.1. The number of aromatic nitrogens is 2. The zero-order chi connectivity index (χ0) is 24.3. The number of hydrogen-bond acceptors (Lipinski definition) is 8. The number of hydrogen-bond donors (Lipinski definition) is 2. The number of fused-ring (bicyclic) bond motifs is 1. The second-order valence-corrected chi connectivity index (χ2v) is 11.4. The number of pyridine rings is 1. The summed E-state index contributed by atoms with van der Waals surface area (Å²) in [6, 6.07) is 10.5. The summed E-state index contributed by atoms with van der Waals surface area (Å²) >= 11 is 1.37. The molecule has 0 radical (unpaired) electrons. The first-order valence-electron chi connectivity index (χ1n) is 10.9. The van der Waals surface area contributed by atoms with Gasteiger partial charge in [-0.05, 0) is 37.9 Å². The summed E-state index contributed by atoms with van der Waals surface area (Å²) in [4.78, 5) is 23.7. The lowest BCUT2D eigenvalue weighted by Crippen LogP contribution is -2.33. The van der Waals surface area contributed by atoms with Crippen molar-refractivity contribution < 1.29 is 13.2 Å². The van der Waals surface area contributed by atoms with Gasteiger partial charge >= 0.3 is 0 Å². The first kappa shape index (κ1) is 24.3. The number of carbonyl (C=O) groups excluding carboxylic acids is 1. The van der Waals surface area contributed by atoms with Gasteiger partial charge in [-0.15, -0.1) is 11.3 Å². The van der Waals surface area contributed by atoms with E-state index in [1.807, 2.05) is 36.5 Å². The number of benzene rings is 1. The summed E-state index contributed by atoms with van der Waals surface area (Å²) in [5.41, 5.74) is 2.60. The fourth-order valence-corrected chi connectivity index (χ4v) is 5.74. The molecule has 0 aliphatic carbocycles. The minimum absolute atomic E-state index is 0.0530. The quantitative estimate of drug-likeness (QED) is 0.465. The van der Waals surface area contributed by atoms with Crippen LogP contribution in [0, 0.1) is 0 Å². The normalized spacial score (nSPS) is 15.4. The van der Waals surface area contributed by atoms with Gasteiger partial charge in [-0.2, -0.15) is 4.31 Å². The Morgan fingerprint density at radius 3 is 2.82 bits per heavy atom. The SMILES string of the molecule is CN(C)CCN(C)S(=O)(=O)c1cccc(CC(=O)Nc2nc(C3CNc4ncccc43)cs2)c1. The number of likely N-dealkylation sites (N-methyl/N-ethyl adjacent to an activating group) is 2. The third-order valence-corrected chi connectivity index (χ3v) is 8.28. The molecule has 2 N–H and O–H groups in total. The second-order valence-electron chi connectivity index (χ2n) is 8.45. The zero-order valence-corrected chi connectivity index (χ0v) is 21.0. The summed E-state index contributed by atoms with van der Waals surface area (Å²) in [5.74, 6) is 0.716. The van der Waals surface area contributed by atoms with Crippen LogP contribution < -0.4 is 10.6 Å². The molecule has 2 aromatic heterocycles. The molecule has 0 fully saturated rings. The van der Waals surface area contributed by atoms with Gasteiger partial charge in [0.05, 0.1) is 17.0 Å². The molecule has 0 spiro atoms. The van der Waals surface area contributed by atoms with Crippen LogP contribution in [0.2, 0.25) is 0 Å². The maximum absolute atomic E-state index is 12.9. The Balaban J connectivity index is 1.40. The summed E-state index contributed by atoms with van der Waals surface area (Å²) in [7, 11) is 1.72. The molecule has 1 unspecified atom stereocenters. The van der Waals surface area contributed by atoms with Gasteiger partial charge in [0, 0.05) is 49.7 Å². The van der Waals surface area contributed by atoms with Crippen LogP contribution >= 0.6 is 11.3 Å². The lowest BCUT2D eigenvalue weighted by atomic mass is 10.0. The molecule has 4 rings (SSSR count). The van der Waals surface area contributed by atoms with Crippen molar-refractivity contribution in [3.8, 4) is 0 Å². The molecule has 0 saturated heterocycles. The molecule has 1 aliphatic heterocycles. The fourth-order valence-electron chi connectivity index (χ4n) is 3.73. The third-order valence-electron chi connectivity index (χ3n) is 5.65. The Kier molecular flexibility index (Phi) is 7.27. The largest absolute Gasteiger partial charge is 0.369 e. The highest BCUT2D eigenvalue weighted by molar-refractivity contribution is 7.89. The number of nitrogens with zero attached hydrogens (tertiary/aromatic N) is 4. The number of sulfonamides is 1. The third kappa shape index (κ3) is 5.44. The minimum atomic E-state index is -3.63. The van der Waals surface area contributed by atoms with Crippen molar-refractivity contribution in [3.05, 3.63) is 64.8 Å². The van der Waals surface area contributed by atoms with Crippen LogP contribution in [0.15, 0.2) is 52.9 Å². The molecular formula is C23H28N6O3S2. The van der Waals surface area contributed by atoms with E-state index in [1.165, 1.54) is 15.6 Å². The minimum Gasteiger partial charge on any atom is -0.369 e. The van der Waals surface area contributed by atoms with Gasteiger partial charge in [0.1, 0.15) is 5.82 Å². The zero-order valence-electron chi connectivity index (χ0n) is 19.4. The first-order chi connectivity index (χ1) is 16.2. The van der Waals surface area contributed by atoms with E-state index in [4.69, 9.17) is 0 Å². The lowest BCUT2D eigenvalue weighted by molar-refractivity contribution is -0.115. The van der Waals surface area contributed by atoms with Gasteiger partial charge in [-0.1, -0.05) is 18.2 Å². The average Bonchev–Trinajstić information content (AvgIpc) is 3.44. The summed E-state index contributed by atoms with van der Waals surface area (Å²) in [6.45, 7) is 1.71. The average molecular weight is 501 g/mol. The van der Waals surface area contributed by atoms with Crippen LogP contribution in [0.3, 0.4) is 0 Å². The predicted molar refractivity (Wildman–Crippen MR) is 134 cm³/mol. The van der Waals surface area contributed by atoms with Crippen LogP contribution in [0.1, 0.15) is 22.7 Å². The number of thiazole rings is 1. The first-order valence-corrected chi connectivity index (χ1v) is 13.2. The smallest absolute Gasteiger partial charge is 0.242 e. The maximum Gasteiger partial charge on any atom is 0.242 e. The monoisotopic (exact) mass is 500 g/mol. The topological polar surface area (TPSA) is 108 Å². The summed E-state index contributed by atoms with van der Waals surface area (Å²) in [6.07, 6.45) is 1.81. The molecule has 3 aromatic rings. The Morgan fingerprint density at radius 2 is 2.03 bits per heavy atom. The van der Waals surface area contributed by atoms with E-state index < -0.39 is 10.0 Å². The van der Waals surface area contributed by atoms with Crippen molar-refractivity contribution in [1.29, 1.82) is 0 Å². The Labute approximate surface area is 203 Å². The van der Waals surface area contributed by atoms with Crippen LogP contribution in [0.4, 0.5) is 10.9 Å². The van der Waals surface area contributed by atoms with Crippen molar-refractivity contribution in [1.82, 2.24) is 19.2 Å². The molecule has 3 heterocycles. The molecule has 0 saturated carbocycles. The highest BCUT2D eigenvalue weighted by atomic mass is 32.2. The lowest BCUT2D eigenvalue weighted by Gasteiger charge is -2.19. The van der Waals surface area contributed by atoms with Gasteiger partial charge in [-0.25, -0.2) is 18.4 Å². The molecule has 180 valence electrons. The van der Waals surface area contributed by atoms with E-state index in [9.17, 15) is 13.2 Å². The van der Waals surface area contributed by atoms with E-state index in [1.54, 1.807) is 37.5 Å². The van der Waals surface area contributed by atoms with E-state index in [0.29, 0.717) is 30.3 Å². The second kappa shape index (κ2) is 10.2. The van der Waals surface area contributed by atoms with Crippen molar-refractivity contribution in [2.45, 2.75) is 17.2 Å². The van der Waals surface area contributed by atoms with Crippen molar-refractivity contribution in [2.24, 2.45) is 0 Å². The number of rotatable bonds is 9. The molecule has 1 aromatic carbocycles. The van der Waals surface area contributed by atoms with Crippen LogP contribution in [0.5, 0.6) is 0 Å². The fraction of sp³-hybridized carbons (Fsp3) is 0.348. The van der Waals surface area contributed by atoms with Gasteiger partial charge < -0.3 is 15.5 Å². The van der Waals surface area contributed by atoms with E-state index in [2.05, 4.69) is 20.6 Å². The molecule has 1 atom stereocenters. The van der Waals surface area contributed by atoms with E-state index in [0.717, 1.165) is 17.1 Å². The Bertz CT molecular complexity index is 1270. The highest BCUT2D eigenvalue weighted by Crippen LogP contribution is 2.35. The van der Waals surface area contributed by atoms with Gasteiger partial charge in [-0.3, -0.25) is 4.79 Å². The molecule has 0 bridgehead atoms. The van der Waals surface area contributed by atoms with E-state index >= 15 is 0 Å². The van der Waals surface area contributed by atoms with Crippen molar-refractivity contribution in [3.63, 3.8) is 0 Å². The standard InChI is InChI=1S/C23H28N6O3S2/c1-28(2)10-11-29(3)34(31,32)17-7-4-6-16(12-17)13-21(30)27-23-26-20(15-33-23)19-14-25-22-18(19)8-5-9-24-22/h4-9,12,15,19H,10-11,13-14H2,1-3H3,(H,24,25)(H,26,27,30). The van der Waals surface area contributed by atoms with Gasteiger partial charge in [0.2, 0.25) is 15.9 Å². The molecule has 9 nitrogen and oxygen atoms in total. The summed E-state index contributed by atoms with van der Waals surface area (Å²) in [5, 5.41) is 8.58. The van der Waals surface area contributed by atoms with Crippen LogP contribution in [-0.4, -0.2) is 74.3 Å². The molecular weight excluding hydrogens is 472 g/mol. The highest BCUT2D eigenvalue weighted by Gasteiger charge is 2.27.